The minimum absolute atomic E-state index is 0.158. The Bertz CT molecular complexity index is 1000. The monoisotopic (exact) mass is 296 g/mol. The van der Waals surface area contributed by atoms with Gasteiger partial charge < -0.3 is 0 Å². The van der Waals surface area contributed by atoms with E-state index in [-0.39, 0.29) is 5.78 Å². The normalized spacial score (nSPS) is 11.0. The smallest absolute Gasteiger partial charge is 0.167 e. The minimum atomic E-state index is 0.158. The lowest BCUT2D eigenvalue weighted by Gasteiger charge is -2.07. The van der Waals surface area contributed by atoms with E-state index in [0.29, 0.717) is 6.42 Å². The van der Waals surface area contributed by atoms with Gasteiger partial charge in [0.2, 0.25) is 0 Å². The summed E-state index contributed by atoms with van der Waals surface area (Å²) in [5, 5.41) is 4.88. The Kier molecular flexibility index (Phi) is 3.39. The van der Waals surface area contributed by atoms with Crippen LogP contribution >= 0.6 is 0 Å². The molecule has 110 valence electrons. The largest absolute Gasteiger partial charge is 0.294 e. The highest BCUT2D eigenvalue weighted by molar-refractivity contribution is 6.08. The summed E-state index contributed by atoms with van der Waals surface area (Å²) in [5.74, 6) is 0.158. The van der Waals surface area contributed by atoms with Gasteiger partial charge in [-0.2, -0.15) is 0 Å². The Hall–Kier alpha value is -2.93. The molecule has 0 saturated heterocycles. The van der Waals surface area contributed by atoms with Gasteiger partial charge in [0, 0.05) is 12.0 Å². The predicted octanol–water partition coefficient (Wildman–Crippen LogP) is 5.42. The standard InChI is InChI=1S/C22H16O/c23-22(19-7-2-1-3-8-19)15-16-10-11-18-13-12-17-6-4-5-9-20(17)21(18)14-16/h1-14H,15H2. The molecule has 0 heterocycles. The number of benzene rings is 4. The third-order valence-electron chi connectivity index (χ3n) is 4.27. The Balaban J connectivity index is 1.76. The SMILES string of the molecule is O=C(Cc1ccc2ccc3ccccc3c2c1)c1ccccc1. The van der Waals surface area contributed by atoms with Gasteiger partial charge in [-0.05, 0) is 27.1 Å². The Labute approximate surface area is 135 Å². The Morgan fingerprint density at radius 2 is 1.30 bits per heavy atom. The number of hydrogen-bond donors (Lipinski definition) is 0. The van der Waals surface area contributed by atoms with E-state index in [1.54, 1.807) is 0 Å². The number of carbonyl (C=O) groups is 1. The van der Waals surface area contributed by atoms with Crippen molar-refractivity contribution in [2.45, 2.75) is 6.42 Å². The molecule has 0 aromatic heterocycles. The van der Waals surface area contributed by atoms with Gasteiger partial charge in [-0.1, -0.05) is 84.9 Å². The van der Waals surface area contributed by atoms with E-state index in [1.807, 2.05) is 30.3 Å². The highest BCUT2D eigenvalue weighted by Gasteiger charge is 2.08. The van der Waals surface area contributed by atoms with Crippen LogP contribution in [-0.4, -0.2) is 5.78 Å². The van der Waals surface area contributed by atoms with Crippen molar-refractivity contribution < 1.29 is 4.79 Å². The number of fused-ring (bicyclic) bond motifs is 3. The number of Topliss-reactive ketones (excluding diaryl/α,β-unsaturated/α-hetero) is 1. The molecule has 0 atom stereocenters. The average Bonchev–Trinajstić information content (AvgIpc) is 2.62. The van der Waals surface area contributed by atoms with Gasteiger partial charge in [0.15, 0.2) is 5.78 Å². The van der Waals surface area contributed by atoms with Crippen LogP contribution in [0.5, 0.6) is 0 Å². The Morgan fingerprint density at radius 3 is 2.13 bits per heavy atom. The van der Waals surface area contributed by atoms with Gasteiger partial charge in [-0.3, -0.25) is 4.79 Å². The highest BCUT2D eigenvalue weighted by Crippen LogP contribution is 2.26. The molecule has 0 radical (unpaired) electrons. The molecule has 1 heteroatoms. The van der Waals surface area contributed by atoms with Crippen molar-refractivity contribution in [1.29, 1.82) is 0 Å². The zero-order valence-corrected chi connectivity index (χ0v) is 12.7. The van der Waals surface area contributed by atoms with E-state index < -0.39 is 0 Å². The molecule has 1 nitrogen and oxygen atoms in total. The summed E-state index contributed by atoms with van der Waals surface area (Å²) in [6, 6.07) is 28.5. The van der Waals surface area contributed by atoms with Gasteiger partial charge in [-0.25, -0.2) is 0 Å². The van der Waals surface area contributed by atoms with Crippen LogP contribution in [0.4, 0.5) is 0 Å². The molecular formula is C22H16O. The van der Waals surface area contributed by atoms with Crippen LogP contribution in [0.2, 0.25) is 0 Å². The van der Waals surface area contributed by atoms with E-state index in [9.17, 15) is 4.79 Å². The zero-order valence-electron chi connectivity index (χ0n) is 12.7. The summed E-state index contributed by atoms with van der Waals surface area (Å²) in [6.45, 7) is 0. The van der Waals surface area contributed by atoms with Crippen LogP contribution in [0.1, 0.15) is 15.9 Å². The summed E-state index contributed by atoms with van der Waals surface area (Å²) in [4.78, 5) is 12.4. The second-order valence-electron chi connectivity index (χ2n) is 5.81. The molecule has 4 aromatic rings. The third-order valence-corrected chi connectivity index (χ3v) is 4.27. The van der Waals surface area contributed by atoms with E-state index in [1.165, 1.54) is 21.5 Å². The van der Waals surface area contributed by atoms with Gasteiger partial charge >= 0.3 is 0 Å². The van der Waals surface area contributed by atoms with Crippen molar-refractivity contribution in [3.63, 3.8) is 0 Å². The van der Waals surface area contributed by atoms with Crippen LogP contribution in [0.25, 0.3) is 21.5 Å². The fraction of sp³-hybridized carbons (Fsp3) is 0.0455. The molecule has 0 unspecified atom stereocenters. The number of ketones is 1. The van der Waals surface area contributed by atoms with E-state index >= 15 is 0 Å². The molecule has 0 bridgehead atoms. The van der Waals surface area contributed by atoms with Crippen LogP contribution in [-0.2, 0) is 6.42 Å². The maximum atomic E-state index is 12.4. The van der Waals surface area contributed by atoms with Crippen molar-refractivity contribution >= 4 is 27.3 Å². The lowest BCUT2D eigenvalue weighted by Crippen LogP contribution is -2.03. The second kappa shape index (κ2) is 5.69. The zero-order chi connectivity index (χ0) is 15.6. The molecular weight excluding hydrogens is 280 g/mol. The fourth-order valence-electron chi connectivity index (χ4n) is 3.07. The molecule has 23 heavy (non-hydrogen) atoms. The quantitative estimate of drug-likeness (QED) is 0.364. The molecule has 0 saturated carbocycles. The van der Waals surface area contributed by atoms with Gasteiger partial charge in [0.25, 0.3) is 0 Å². The summed E-state index contributed by atoms with van der Waals surface area (Å²) >= 11 is 0. The number of rotatable bonds is 3. The second-order valence-corrected chi connectivity index (χ2v) is 5.81. The lowest BCUT2D eigenvalue weighted by molar-refractivity contribution is 0.0993. The predicted molar refractivity (Wildman–Crippen MR) is 95.9 cm³/mol. The lowest BCUT2D eigenvalue weighted by atomic mass is 9.97. The molecule has 0 fully saturated rings. The summed E-state index contributed by atoms with van der Waals surface area (Å²) < 4.78 is 0. The van der Waals surface area contributed by atoms with Crippen molar-refractivity contribution in [3.05, 3.63) is 96.1 Å². The average molecular weight is 296 g/mol. The van der Waals surface area contributed by atoms with Crippen LogP contribution in [0.3, 0.4) is 0 Å². The fourth-order valence-corrected chi connectivity index (χ4v) is 3.07. The minimum Gasteiger partial charge on any atom is -0.294 e. The van der Waals surface area contributed by atoms with Gasteiger partial charge in [-0.15, -0.1) is 0 Å². The summed E-state index contributed by atoms with van der Waals surface area (Å²) in [5.41, 5.74) is 1.83. The first-order valence-electron chi connectivity index (χ1n) is 7.80. The van der Waals surface area contributed by atoms with Crippen LogP contribution in [0, 0.1) is 0 Å². The molecule has 0 aliphatic carbocycles. The molecule has 4 aromatic carbocycles. The number of hydrogen-bond acceptors (Lipinski definition) is 1. The van der Waals surface area contributed by atoms with Crippen LogP contribution in [0.15, 0.2) is 84.9 Å². The summed E-state index contributed by atoms with van der Waals surface area (Å²) in [6.07, 6.45) is 0.434. The molecule has 4 rings (SSSR count). The first-order chi connectivity index (χ1) is 11.3. The maximum Gasteiger partial charge on any atom is 0.167 e. The van der Waals surface area contributed by atoms with Crippen molar-refractivity contribution in [3.8, 4) is 0 Å². The van der Waals surface area contributed by atoms with E-state index in [2.05, 4.69) is 54.6 Å². The maximum absolute atomic E-state index is 12.4. The number of carbonyl (C=O) groups excluding carboxylic acids is 1. The topological polar surface area (TPSA) is 17.1 Å². The van der Waals surface area contributed by atoms with Crippen molar-refractivity contribution in [2.75, 3.05) is 0 Å². The van der Waals surface area contributed by atoms with E-state index in [0.717, 1.165) is 11.1 Å². The van der Waals surface area contributed by atoms with Crippen LogP contribution < -0.4 is 0 Å². The first kappa shape index (κ1) is 13.7. The third kappa shape index (κ3) is 2.62. The van der Waals surface area contributed by atoms with E-state index in [4.69, 9.17) is 0 Å². The highest BCUT2D eigenvalue weighted by atomic mass is 16.1. The summed E-state index contributed by atoms with van der Waals surface area (Å²) in [7, 11) is 0. The Morgan fingerprint density at radius 1 is 0.652 bits per heavy atom. The molecule has 0 aliphatic heterocycles. The van der Waals surface area contributed by atoms with Crippen molar-refractivity contribution in [2.24, 2.45) is 0 Å². The molecule has 0 aliphatic rings. The van der Waals surface area contributed by atoms with Gasteiger partial charge in [0.05, 0.1) is 0 Å². The first-order valence-corrected chi connectivity index (χ1v) is 7.80. The molecule has 0 N–H and O–H groups in total. The van der Waals surface area contributed by atoms with Gasteiger partial charge in [0.1, 0.15) is 0 Å². The molecule has 0 spiro atoms. The van der Waals surface area contributed by atoms with Crippen molar-refractivity contribution in [1.82, 2.24) is 0 Å². The molecule has 0 amide bonds.